The van der Waals surface area contributed by atoms with Crippen molar-refractivity contribution < 1.29 is 4.79 Å². The molecule has 0 spiro atoms. The van der Waals surface area contributed by atoms with Crippen molar-refractivity contribution in [3.05, 3.63) is 47.0 Å². The molecule has 74 valence electrons. The number of rotatable bonds is 3. The molecule has 0 unspecified atom stereocenters. The molecule has 0 aliphatic carbocycles. The third-order valence-electron chi connectivity index (χ3n) is 2.41. The van der Waals surface area contributed by atoms with Crippen LogP contribution in [0.3, 0.4) is 0 Å². The predicted molar refractivity (Wildman–Crippen MR) is 59.4 cm³/mol. The van der Waals surface area contributed by atoms with E-state index in [0.717, 1.165) is 5.56 Å². The zero-order valence-electron chi connectivity index (χ0n) is 9.05. The smallest absolute Gasteiger partial charge is 0.162 e. The van der Waals surface area contributed by atoms with Crippen molar-refractivity contribution >= 4 is 5.78 Å². The fourth-order valence-electron chi connectivity index (χ4n) is 1.25. The Hall–Kier alpha value is -1.37. The van der Waals surface area contributed by atoms with Crippen molar-refractivity contribution in [1.29, 1.82) is 0 Å². The van der Waals surface area contributed by atoms with Crippen molar-refractivity contribution in [2.75, 3.05) is 0 Å². The summed E-state index contributed by atoms with van der Waals surface area (Å²) in [6, 6.07) is 6.12. The highest BCUT2D eigenvalue weighted by molar-refractivity contribution is 5.95. The molecule has 0 saturated heterocycles. The molecule has 1 nitrogen and oxygen atoms in total. The lowest BCUT2D eigenvalue weighted by atomic mass is 10.0. The molecule has 1 rings (SSSR count). The van der Waals surface area contributed by atoms with Gasteiger partial charge in [-0.25, -0.2) is 0 Å². The molecule has 0 bridgehead atoms. The van der Waals surface area contributed by atoms with Gasteiger partial charge in [0.25, 0.3) is 0 Å². The maximum atomic E-state index is 11.4. The van der Waals surface area contributed by atoms with Crippen molar-refractivity contribution in [3.63, 3.8) is 0 Å². The Morgan fingerprint density at radius 3 is 2.43 bits per heavy atom. The summed E-state index contributed by atoms with van der Waals surface area (Å²) in [6.07, 6.45) is 0.469. The molecule has 0 amide bonds. The highest BCUT2D eigenvalue weighted by Gasteiger charge is 2.04. The predicted octanol–water partition coefficient (Wildman–Crippen LogP) is 2.99. The second kappa shape index (κ2) is 4.23. The van der Waals surface area contributed by atoms with E-state index >= 15 is 0 Å². The molecule has 0 atom stereocenters. The molecular weight excluding hydrogens is 172 g/mol. The van der Waals surface area contributed by atoms with Crippen LogP contribution in [-0.2, 0) is 11.2 Å². The standard InChI is InChI=1S/C13H16O/c1-9(2)13(14)8-12-6-5-10(3)11(4)7-12/h5-7H,1,8H2,2-4H3. The Morgan fingerprint density at radius 2 is 1.93 bits per heavy atom. The van der Waals surface area contributed by atoms with Gasteiger partial charge in [0, 0.05) is 6.42 Å². The number of carbonyl (C=O) groups excluding carboxylic acids is 1. The van der Waals surface area contributed by atoms with Crippen LogP contribution in [0.1, 0.15) is 23.6 Å². The van der Waals surface area contributed by atoms with Gasteiger partial charge in [0.15, 0.2) is 5.78 Å². The third kappa shape index (κ3) is 2.56. The number of aryl methyl sites for hydroxylation is 2. The summed E-state index contributed by atoms with van der Waals surface area (Å²) in [6.45, 7) is 9.52. The van der Waals surface area contributed by atoms with E-state index in [2.05, 4.69) is 32.6 Å². The van der Waals surface area contributed by atoms with Gasteiger partial charge in [0.1, 0.15) is 0 Å². The molecule has 1 heteroatoms. The summed E-state index contributed by atoms with van der Waals surface area (Å²) in [5, 5.41) is 0. The number of hydrogen-bond donors (Lipinski definition) is 0. The zero-order chi connectivity index (χ0) is 10.7. The minimum atomic E-state index is 0.119. The van der Waals surface area contributed by atoms with Gasteiger partial charge >= 0.3 is 0 Å². The zero-order valence-corrected chi connectivity index (χ0v) is 9.05. The third-order valence-corrected chi connectivity index (χ3v) is 2.41. The summed E-state index contributed by atoms with van der Waals surface area (Å²) in [5.41, 5.74) is 4.19. The van der Waals surface area contributed by atoms with Crippen LogP contribution in [0, 0.1) is 13.8 Å². The Morgan fingerprint density at radius 1 is 1.29 bits per heavy atom. The van der Waals surface area contributed by atoms with Crippen LogP contribution in [0.4, 0.5) is 0 Å². The molecule has 0 N–H and O–H groups in total. The molecule has 0 aliphatic heterocycles. The number of ketones is 1. The summed E-state index contributed by atoms with van der Waals surface area (Å²) in [4.78, 5) is 11.4. The fourth-order valence-corrected chi connectivity index (χ4v) is 1.25. The first-order chi connectivity index (χ1) is 6.50. The van der Waals surface area contributed by atoms with Crippen LogP contribution in [-0.4, -0.2) is 5.78 Å². The maximum absolute atomic E-state index is 11.4. The largest absolute Gasteiger partial charge is 0.294 e. The van der Waals surface area contributed by atoms with Gasteiger partial charge in [-0.15, -0.1) is 0 Å². The van der Waals surface area contributed by atoms with E-state index in [1.165, 1.54) is 11.1 Å². The highest BCUT2D eigenvalue weighted by atomic mass is 16.1. The van der Waals surface area contributed by atoms with Gasteiger partial charge in [-0.1, -0.05) is 24.8 Å². The maximum Gasteiger partial charge on any atom is 0.162 e. The quantitative estimate of drug-likeness (QED) is 0.666. The topological polar surface area (TPSA) is 17.1 Å². The summed E-state index contributed by atoms with van der Waals surface area (Å²) in [5.74, 6) is 0.119. The Balaban J connectivity index is 2.83. The van der Waals surface area contributed by atoms with Gasteiger partial charge in [-0.2, -0.15) is 0 Å². The first-order valence-electron chi connectivity index (χ1n) is 4.75. The Labute approximate surface area is 85.5 Å². The van der Waals surface area contributed by atoms with E-state index in [9.17, 15) is 4.79 Å². The minimum Gasteiger partial charge on any atom is -0.294 e. The molecule has 0 heterocycles. The van der Waals surface area contributed by atoms with Gasteiger partial charge in [0.05, 0.1) is 0 Å². The first-order valence-corrected chi connectivity index (χ1v) is 4.75. The second-order valence-corrected chi connectivity index (χ2v) is 3.80. The van der Waals surface area contributed by atoms with Gasteiger partial charge < -0.3 is 0 Å². The van der Waals surface area contributed by atoms with Crippen LogP contribution in [0.2, 0.25) is 0 Å². The summed E-state index contributed by atoms with van der Waals surface area (Å²) in [7, 11) is 0. The number of benzene rings is 1. The molecule has 0 radical (unpaired) electrons. The highest BCUT2D eigenvalue weighted by Crippen LogP contribution is 2.11. The molecule has 14 heavy (non-hydrogen) atoms. The van der Waals surface area contributed by atoms with Crippen molar-refractivity contribution in [2.24, 2.45) is 0 Å². The second-order valence-electron chi connectivity index (χ2n) is 3.80. The Bertz CT molecular complexity index is 375. The molecule has 0 aliphatic rings. The van der Waals surface area contributed by atoms with E-state index in [0.29, 0.717) is 12.0 Å². The average molecular weight is 188 g/mol. The van der Waals surface area contributed by atoms with Crippen LogP contribution >= 0.6 is 0 Å². The summed E-state index contributed by atoms with van der Waals surface area (Å²) < 4.78 is 0. The van der Waals surface area contributed by atoms with Crippen molar-refractivity contribution in [1.82, 2.24) is 0 Å². The first kappa shape index (κ1) is 10.7. The number of Topliss-reactive ketones (excluding diaryl/α,β-unsaturated/α-hetero) is 1. The molecule has 0 aromatic heterocycles. The molecule has 0 fully saturated rings. The lowest BCUT2D eigenvalue weighted by Crippen LogP contribution is -2.03. The van der Waals surface area contributed by atoms with Crippen molar-refractivity contribution in [3.8, 4) is 0 Å². The SMILES string of the molecule is C=C(C)C(=O)Cc1ccc(C)c(C)c1. The van der Waals surface area contributed by atoms with Gasteiger partial charge in [-0.3, -0.25) is 4.79 Å². The minimum absolute atomic E-state index is 0.119. The van der Waals surface area contributed by atoms with Crippen LogP contribution in [0.5, 0.6) is 0 Å². The van der Waals surface area contributed by atoms with E-state index in [1.54, 1.807) is 6.92 Å². The fraction of sp³-hybridized carbons (Fsp3) is 0.308. The van der Waals surface area contributed by atoms with Gasteiger partial charge in [0.2, 0.25) is 0 Å². The van der Waals surface area contributed by atoms with E-state index in [-0.39, 0.29) is 5.78 Å². The lowest BCUT2D eigenvalue weighted by Gasteiger charge is -2.04. The molecule has 1 aromatic carbocycles. The molecule has 0 saturated carbocycles. The number of hydrogen-bond acceptors (Lipinski definition) is 1. The Kier molecular flexibility index (Phi) is 3.23. The number of carbonyl (C=O) groups is 1. The van der Waals surface area contributed by atoms with Gasteiger partial charge in [-0.05, 0) is 43.0 Å². The molecular formula is C13H16O. The average Bonchev–Trinajstić information content (AvgIpc) is 2.11. The lowest BCUT2D eigenvalue weighted by molar-refractivity contribution is -0.114. The summed E-state index contributed by atoms with van der Waals surface area (Å²) >= 11 is 0. The normalized spacial score (nSPS) is 9.93. The van der Waals surface area contributed by atoms with E-state index in [1.807, 2.05) is 6.07 Å². The van der Waals surface area contributed by atoms with Crippen LogP contribution in [0.25, 0.3) is 0 Å². The van der Waals surface area contributed by atoms with Crippen LogP contribution in [0.15, 0.2) is 30.4 Å². The monoisotopic (exact) mass is 188 g/mol. The van der Waals surface area contributed by atoms with Crippen LogP contribution < -0.4 is 0 Å². The van der Waals surface area contributed by atoms with Crippen molar-refractivity contribution in [2.45, 2.75) is 27.2 Å². The molecule has 1 aromatic rings. The van der Waals surface area contributed by atoms with E-state index in [4.69, 9.17) is 0 Å². The van der Waals surface area contributed by atoms with E-state index < -0.39 is 0 Å². The number of allylic oxidation sites excluding steroid dienone is 1.